The van der Waals surface area contributed by atoms with Gasteiger partial charge in [-0.2, -0.15) is 0 Å². The second kappa shape index (κ2) is 13.3. The van der Waals surface area contributed by atoms with Crippen LogP contribution in [0.2, 0.25) is 5.02 Å². The number of carbonyl (C=O) groups excluding carboxylic acids is 2. The number of benzene rings is 5. The molecule has 0 radical (unpaired) electrons. The molecule has 6 nitrogen and oxygen atoms in total. The van der Waals surface area contributed by atoms with E-state index in [1.165, 1.54) is 4.31 Å². The SMILES string of the molecule is Cc1ccc(Cl)cc1N(Cc1ccc(C(=O)Nc2cccc(C(=O)c3ccc(C(C)(C)C)cc3)c2)cc1)S(=O)(=O)c1ccccc1. The van der Waals surface area contributed by atoms with E-state index in [-0.39, 0.29) is 28.5 Å². The van der Waals surface area contributed by atoms with Gasteiger partial charge in [0.05, 0.1) is 17.1 Å². The van der Waals surface area contributed by atoms with Crippen molar-refractivity contribution in [2.24, 2.45) is 0 Å². The molecule has 5 rings (SSSR count). The lowest BCUT2D eigenvalue weighted by Crippen LogP contribution is -2.31. The Morgan fingerprint density at radius 1 is 0.739 bits per heavy atom. The van der Waals surface area contributed by atoms with Gasteiger partial charge in [0.15, 0.2) is 5.78 Å². The molecule has 0 atom stereocenters. The zero-order chi connectivity index (χ0) is 33.1. The van der Waals surface area contributed by atoms with Gasteiger partial charge in [-0.1, -0.05) is 105 Å². The minimum atomic E-state index is -3.93. The highest BCUT2D eigenvalue weighted by molar-refractivity contribution is 7.92. The van der Waals surface area contributed by atoms with Gasteiger partial charge in [-0.3, -0.25) is 13.9 Å². The summed E-state index contributed by atoms with van der Waals surface area (Å²) >= 11 is 6.28. The fourth-order valence-electron chi connectivity index (χ4n) is 5.03. The number of rotatable bonds is 9. The van der Waals surface area contributed by atoms with Gasteiger partial charge in [0.25, 0.3) is 15.9 Å². The third-order valence-electron chi connectivity index (χ3n) is 7.71. The molecule has 234 valence electrons. The highest BCUT2D eigenvalue weighted by Crippen LogP contribution is 2.31. The third kappa shape index (κ3) is 7.39. The van der Waals surface area contributed by atoms with Crippen molar-refractivity contribution < 1.29 is 18.0 Å². The first-order valence-electron chi connectivity index (χ1n) is 14.8. The maximum atomic E-state index is 13.8. The molecule has 1 amide bonds. The number of sulfonamides is 1. The first-order chi connectivity index (χ1) is 21.8. The van der Waals surface area contributed by atoms with Crippen LogP contribution in [0.1, 0.15) is 63.7 Å². The topological polar surface area (TPSA) is 83.6 Å². The Morgan fingerprint density at radius 2 is 1.39 bits per heavy atom. The van der Waals surface area contributed by atoms with Crippen molar-refractivity contribution in [2.75, 3.05) is 9.62 Å². The zero-order valence-electron chi connectivity index (χ0n) is 26.1. The summed E-state index contributed by atoms with van der Waals surface area (Å²) in [5.74, 6) is -0.490. The van der Waals surface area contributed by atoms with Crippen molar-refractivity contribution in [3.8, 4) is 0 Å². The van der Waals surface area contributed by atoms with Gasteiger partial charge >= 0.3 is 0 Å². The van der Waals surface area contributed by atoms with Gasteiger partial charge in [-0.25, -0.2) is 8.42 Å². The van der Waals surface area contributed by atoms with E-state index in [2.05, 4.69) is 26.1 Å². The van der Waals surface area contributed by atoms with E-state index in [1.807, 2.05) is 31.2 Å². The number of halogens is 1. The standard InChI is InChI=1S/C38H35ClN2O4S/c1-26-13-22-32(39)24-35(26)41(46(44,45)34-11-6-5-7-12-34)25-27-14-16-29(17-15-27)37(43)40-33-10-8-9-30(23-33)36(42)28-18-20-31(21-19-28)38(2,3)4/h5-24H,25H2,1-4H3,(H,40,43). The van der Waals surface area contributed by atoms with Gasteiger partial charge in [-0.15, -0.1) is 0 Å². The highest BCUT2D eigenvalue weighted by atomic mass is 35.5. The molecule has 0 bridgehead atoms. The first kappa shape index (κ1) is 32.7. The van der Waals surface area contributed by atoms with Crippen LogP contribution < -0.4 is 9.62 Å². The van der Waals surface area contributed by atoms with E-state index in [1.54, 1.807) is 97.1 Å². The van der Waals surface area contributed by atoms with Gasteiger partial charge in [-0.05, 0) is 77.6 Å². The summed E-state index contributed by atoms with van der Waals surface area (Å²) < 4.78 is 28.9. The molecule has 0 heterocycles. The van der Waals surface area contributed by atoms with Crippen LogP contribution in [0.25, 0.3) is 0 Å². The summed E-state index contributed by atoms with van der Waals surface area (Å²) in [6.07, 6.45) is 0. The molecule has 5 aromatic rings. The number of ketones is 1. The molecule has 8 heteroatoms. The summed E-state index contributed by atoms with van der Waals surface area (Å²) in [5, 5.41) is 3.29. The van der Waals surface area contributed by atoms with Crippen LogP contribution in [0.15, 0.2) is 126 Å². The number of hydrogen-bond donors (Lipinski definition) is 1. The van der Waals surface area contributed by atoms with Crippen LogP contribution in [0.3, 0.4) is 0 Å². The molecule has 0 fully saturated rings. The second-order valence-corrected chi connectivity index (χ2v) is 14.4. The normalized spacial score (nSPS) is 11.6. The molecular formula is C38H35ClN2O4S. The van der Waals surface area contributed by atoms with Crippen LogP contribution in [-0.4, -0.2) is 20.1 Å². The van der Waals surface area contributed by atoms with E-state index < -0.39 is 10.0 Å². The molecule has 0 aliphatic heterocycles. The van der Waals surface area contributed by atoms with Crippen molar-refractivity contribution in [3.63, 3.8) is 0 Å². The Balaban J connectivity index is 1.33. The number of aryl methyl sites for hydroxylation is 1. The predicted molar refractivity (Wildman–Crippen MR) is 185 cm³/mol. The zero-order valence-corrected chi connectivity index (χ0v) is 27.7. The lowest BCUT2D eigenvalue weighted by molar-refractivity contribution is 0.102. The largest absolute Gasteiger partial charge is 0.322 e. The Morgan fingerprint density at radius 3 is 2.04 bits per heavy atom. The molecule has 46 heavy (non-hydrogen) atoms. The first-order valence-corrected chi connectivity index (χ1v) is 16.6. The van der Waals surface area contributed by atoms with Crippen molar-refractivity contribution >= 4 is 44.7 Å². The smallest absolute Gasteiger partial charge is 0.264 e. The Hall–Kier alpha value is -4.72. The van der Waals surface area contributed by atoms with Crippen molar-refractivity contribution in [1.82, 2.24) is 0 Å². The summed E-state index contributed by atoms with van der Waals surface area (Å²) in [4.78, 5) is 26.5. The molecule has 0 saturated heterocycles. The highest BCUT2D eigenvalue weighted by Gasteiger charge is 2.27. The molecule has 1 N–H and O–H groups in total. The fraction of sp³-hybridized carbons (Fsp3) is 0.158. The summed E-state index contributed by atoms with van der Waals surface area (Å²) in [5.41, 5.74) is 4.94. The molecule has 0 saturated carbocycles. The Kier molecular flexibility index (Phi) is 9.47. The van der Waals surface area contributed by atoms with Crippen molar-refractivity contribution in [2.45, 2.75) is 44.6 Å². The summed E-state index contributed by atoms with van der Waals surface area (Å²) in [6.45, 7) is 8.22. The number of carbonyl (C=O) groups is 2. The fourth-order valence-corrected chi connectivity index (χ4v) is 6.72. The van der Waals surface area contributed by atoms with E-state index in [4.69, 9.17) is 11.6 Å². The lowest BCUT2D eigenvalue weighted by atomic mass is 9.86. The van der Waals surface area contributed by atoms with E-state index in [9.17, 15) is 18.0 Å². The summed E-state index contributed by atoms with van der Waals surface area (Å²) in [6, 6.07) is 34.6. The number of hydrogen-bond acceptors (Lipinski definition) is 4. The van der Waals surface area contributed by atoms with E-state index in [0.717, 1.165) is 11.1 Å². The molecular weight excluding hydrogens is 616 g/mol. The van der Waals surface area contributed by atoms with Crippen LogP contribution in [0.4, 0.5) is 11.4 Å². The van der Waals surface area contributed by atoms with Crippen LogP contribution in [0.5, 0.6) is 0 Å². The average Bonchev–Trinajstić information content (AvgIpc) is 3.05. The van der Waals surface area contributed by atoms with Gasteiger partial charge in [0.2, 0.25) is 0 Å². The van der Waals surface area contributed by atoms with Gasteiger partial charge < -0.3 is 5.32 Å². The predicted octanol–water partition coefficient (Wildman–Crippen LogP) is 8.82. The maximum Gasteiger partial charge on any atom is 0.264 e. The van der Waals surface area contributed by atoms with Crippen molar-refractivity contribution in [3.05, 3.63) is 160 Å². The molecule has 5 aromatic carbocycles. The monoisotopic (exact) mass is 650 g/mol. The Bertz CT molecular complexity index is 1980. The minimum absolute atomic E-state index is 0.0154. The molecule has 0 aromatic heterocycles. The second-order valence-electron chi connectivity index (χ2n) is 12.1. The minimum Gasteiger partial charge on any atom is -0.322 e. The number of amides is 1. The van der Waals surface area contributed by atoms with Crippen LogP contribution >= 0.6 is 11.6 Å². The Labute approximate surface area is 275 Å². The molecule has 0 aliphatic rings. The van der Waals surface area contributed by atoms with E-state index >= 15 is 0 Å². The third-order valence-corrected chi connectivity index (χ3v) is 9.72. The summed E-state index contributed by atoms with van der Waals surface area (Å²) in [7, 11) is -3.93. The van der Waals surface area contributed by atoms with Gasteiger partial charge in [0, 0.05) is 27.4 Å². The lowest BCUT2D eigenvalue weighted by Gasteiger charge is -2.26. The molecule has 0 aliphatic carbocycles. The number of nitrogens with zero attached hydrogens (tertiary/aromatic N) is 1. The maximum absolute atomic E-state index is 13.8. The van der Waals surface area contributed by atoms with Gasteiger partial charge in [0.1, 0.15) is 0 Å². The van der Waals surface area contributed by atoms with Crippen LogP contribution in [0, 0.1) is 6.92 Å². The molecule has 0 unspecified atom stereocenters. The van der Waals surface area contributed by atoms with E-state index in [0.29, 0.717) is 38.7 Å². The van der Waals surface area contributed by atoms with Crippen molar-refractivity contribution in [1.29, 1.82) is 0 Å². The number of nitrogens with one attached hydrogen (secondary N) is 1. The quantitative estimate of drug-likeness (QED) is 0.162. The van der Waals surface area contributed by atoms with Crippen LogP contribution in [-0.2, 0) is 22.0 Å². The number of anilines is 2. The molecule has 0 spiro atoms. The average molecular weight is 651 g/mol.